The van der Waals surface area contributed by atoms with Gasteiger partial charge in [-0.2, -0.15) is 0 Å². The molecule has 2 aromatic rings. The maximum absolute atomic E-state index is 13.2. The zero-order chi connectivity index (χ0) is 21.5. The molecule has 0 unspecified atom stereocenters. The summed E-state index contributed by atoms with van der Waals surface area (Å²) in [5.74, 6) is -0.674. The maximum Gasteiger partial charge on any atom is 0.433 e. The smallest absolute Gasteiger partial charge is 0.433 e. The van der Waals surface area contributed by atoms with Crippen molar-refractivity contribution in [2.75, 3.05) is 7.11 Å². The topological polar surface area (TPSA) is 69.2 Å². The molecule has 6 nitrogen and oxygen atoms in total. The first-order valence-corrected chi connectivity index (χ1v) is 9.74. The number of oxime groups is 1. The standard InChI is InChI=1S/C22H24F2N2O4/c1-14(26-30-22(27)25-13-15-7-9-18(23)19(24)11-15)16-8-10-20(28-2)21(12-16)29-17-5-3-4-6-17/h7-12,17H,3-6,13H2,1-2H3,(H,25,27)/b26-14-. The number of hydrogen-bond acceptors (Lipinski definition) is 5. The van der Waals surface area contributed by atoms with Crippen LogP contribution in [-0.4, -0.2) is 25.0 Å². The minimum Gasteiger partial charge on any atom is -0.493 e. The lowest BCUT2D eigenvalue weighted by Gasteiger charge is -2.16. The first-order chi connectivity index (χ1) is 14.5. The Balaban J connectivity index is 1.59. The van der Waals surface area contributed by atoms with Crippen molar-refractivity contribution >= 4 is 11.8 Å². The number of benzene rings is 2. The van der Waals surface area contributed by atoms with Crippen LogP contribution in [0.15, 0.2) is 41.6 Å². The van der Waals surface area contributed by atoms with E-state index in [0.29, 0.717) is 22.8 Å². The summed E-state index contributed by atoms with van der Waals surface area (Å²) >= 11 is 0. The van der Waals surface area contributed by atoms with Crippen molar-refractivity contribution in [2.24, 2.45) is 5.16 Å². The lowest BCUT2D eigenvalue weighted by atomic mass is 10.1. The lowest BCUT2D eigenvalue weighted by molar-refractivity contribution is 0.150. The second-order valence-corrected chi connectivity index (χ2v) is 7.05. The Labute approximate surface area is 173 Å². The molecule has 0 radical (unpaired) electrons. The van der Waals surface area contributed by atoms with Crippen LogP contribution in [-0.2, 0) is 11.4 Å². The number of rotatable bonds is 7. The van der Waals surface area contributed by atoms with E-state index in [1.165, 1.54) is 6.07 Å². The number of methoxy groups -OCH3 is 1. The third-order valence-electron chi connectivity index (χ3n) is 4.86. The van der Waals surface area contributed by atoms with Gasteiger partial charge in [0.05, 0.1) is 18.9 Å². The Morgan fingerprint density at radius 2 is 1.87 bits per heavy atom. The number of nitrogens with one attached hydrogen (secondary N) is 1. The predicted octanol–water partition coefficient (Wildman–Crippen LogP) is 4.95. The van der Waals surface area contributed by atoms with E-state index in [0.717, 1.165) is 43.4 Å². The largest absolute Gasteiger partial charge is 0.493 e. The zero-order valence-electron chi connectivity index (χ0n) is 16.9. The summed E-state index contributed by atoms with van der Waals surface area (Å²) in [6.45, 7) is 1.68. The predicted molar refractivity (Wildman–Crippen MR) is 108 cm³/mol. The van der Waals surface area contributed by atoms with Gasteiger partial charge >= 0.3 is 6.09 Å². The number of carbonyl (C=O) groups is 1. The van der Waals surface area contributed by atoms with Crippen molar-refractivity contribution in [3.63, 3.8) is 0 Å². The van der Waals surface area contributed by atoms with E-state index >= 15 is 0 Å². The highest BCUT2D eigenvalue weighted by molar-refractivity contribution is 5.99. The van der Waals surface area contributed by atoms with Crippen LogP contribution < -0.4 is 14.8 Å². The molecule has 2 aromatic carbocycles. The Hall–Kier alpha value is -3.16. The number of carbonyl (C=O) groups excluding carboxylic acids is 1. The number of halogens is 2. The van der Waals surface area contributed by atoms with Crippen LogP contribution in [0.4, 0.5) is 13.6 Å². The molecule has 8 heteroatoms. The summed E-state index contributed by atoms with van der Waals surface area (Å²) in [6.07, 6.45) is 3.70. The molecule has 1 aliphatic rings. The Kier molecular flexibility index (Phi) is 7.21. The SMILES string of the molecule is COc1ccc(/C(C)=N\OC(=O)NCc2ccc(F)c(F)c2)cc1OC1CCCC1. The van der Waals surface area contributed by atoms with E-state index in [1.807, 2.05) is 0 Å². The van der Waals surface area contributed by atoms with Crippen molar-refractivity contribution in [3.05, 3.63) is 59.2 Å². The number of ether oxygens (including phenoxy) is 2. The second-order valence-electron chi connectivity index (χ2n) is 7.05. The number of amides is 1. The van der Waals surface area contributed by atoms with Gasteiger partial charge in [0.15, 0.2) is 23.1 Å². The monoisotopic (exact) mass is 418 g/mol. The molecule has 1 N–H and O–H groups in total. The highest BCUT2D eigenvalue weighted by Crippen LogP contribution is 2.32. The molecule has 30 heavy (non-hydrogen) atoms. The van der Waals surface area contributed by atoms with Gasteiger partial charge in [-0.3, -0.25) is 4.84 Å². The molecule has 0 heterocycles. The molecule has 0 bridgehead atoms. The van der Waals surface area contributed by atoms with E-state index < -0.39 is 17.7 Å². The van der Waals surface area contributed by atoms with Gasteiger partial charge in [-0.25, -0.2) is 13.6 Å². The fourth-order valence-corrected chi connectivity index (χ4v) is 3.20. The van der Waals surface area contributed by atoms with Gasteiger partial charge < -0.3 is 14.8 Å². The van der Waals surface area contributed by atoms with Gasteiger partial charge in [-0.1, -0.05) is 11.2 Å². The summed E-state index contributed by atoms with van der Waals surface area (Å²) in [5, 5.41) is 6.27. The molecule has 1 aliphatic carbocycles. The van der Waals surface area contributed by atoms with E-state index in [4.69, 9.17) is 14.3 Å². The van der Waals surface area contributed by atoms with Crippen LogP contribution in [0.3, 0.4) is 0 Å². The van der Waals surface area contributed by atoms with Crippen molar-refractivity contribution in [3.8, 4) is 11.5 Å². The van der Waals surface area contributed by atoms with Crippen molar-refractivity contribution in [2.45, 2.75) is 45.3 Å². The second kappa shape index (κ2) is 10.0. The first-order valence-electron chi connectivity index (χ1n) is 9.74. The normalized spacial score (nSPS) is 14.5. The summed E-state index contributed by atoms with van der Waals surface area (Å²) < 4.78 is 37.6. The summed E-state index contributed by atoms with van der Waals surface area (Å²) in [5.41, 5.74) is 1.59. The maximum atomic E-state index is 13.2. The van der Waals surface area contributed by atoms with Crippen molar-refractivity contribution < 1.29 is 27.9 Å². The third kappa shape index (κ3) is 5.68. The van der Waals surface area contributed by atoms with E-state index in [-0.39, 0.29) is 12.6 Å². The molecular weight excluding hydrogens is 394 g/mol. The fourth-order valence-electron chi connectivity index (χ4n) is 3.20. The minimum atomic E-state index is -0.980. The number of hydrogen-bond donors (Lipinski definition) is 1. The molecule has 0 atom stereocenters. The molecule has 0 aromatic heterocycles. The van der Waals surface area contributed by atoms with Crippen molar-refractivity contribution in [1.29, 1.82) is 0 Å². The van der Waals surface area contributed by atoms with Crippen LogP contribution in [0.1, 0.15) is 43.7 Å². The number of nitrogens with zero attached hydrogens (tertiary/aromatic N) is 1. The van der Waals surface area contributed by atoms with Gasteiger partial charge in [-0.15, -0.1) is 0 Å². The molecule has 0 aliphatic heterocycles. The van der Waals surface area contributed by atoms with Crippen LogP contribution in [0.5, 0.6) is 11.5 Å². The average molecular weight is 418 g/mol. The Bertz CT molecular complexity index is 927. The van der Waals surface area contributed by atoms with Crippen LogP contribution in [0.25, 0.3) is 0 Å². The third-order valence-corrected chi connectivity index (χ3v) is 4.86. The van der Waals surface area contributed by atoms with Gasteiger partial charge in [0.2, 0.25) is 0 Å². The molecule has 3 rings (SSSR count). The molecule has 1 fully saturated rings. The van der Waals surface area contributed by atoms with Crippen LogP contribution in [0, 0.1) is 11.6 Å². The first kappa shape index (κ1) is 21.5. The molecule has 1 amide bonds. The molecule has 1 saturated carbocycles. The summed E-state index contributed by atoms with van der Waals surface area (Å²) in [6, 6.07) is 8.75. The summed E-state index contributed by atoms with van der Waals surface area (Å²) in [4.78, 5) is 16.7. The van der Waals surface area contributed by atoms with Gasteiger partial charge in [-0.05, 0) is 68.5 Å². The van der Waals surface area contributed by atoms with Gasteiger partial charge in [0.25, 0.3) is 0 Å². The Morgan fingerprint density at radius 3 is 2.57 bits per heavy atom. The Morgan fingerprint density at radius 1 is 1.10 bits per heavy atom. The van der Waals surface area contributed by atoms with Crippen molar-refractivity contribution in [1.82, 2.24) is 5.32 Å². The highest BCUT2D eigenvalue weighted by atomic mass is 19.2. The molecule has 160 valence electrons. The van der Waals surface area contributed by atoms with E-state index in [1.54, 1.807) is 32.2 Å². The van der Waals surface area contributed by atoms with E-state index in [2.05, 4.69) is 10.5 Å². The molecule has 0 spiro atoms. The quantitative estimate of drug-likeness (QED) is 0.393. The van der Waals surface area contributed by atoms with Crippen LogP contribution in [0.2, 0.25) is 0 Å². The molecule has 0 saturated heterocycles. The zero-order valence-corrected chi connectivity index (χ0v) is 16.9. The molecular formula is C22H24F2N2O4. The van der Waals surface area contributed by atoms with E-state index in [9.17, 15) is 13.6 Å². The van der Waals surface area contributed by atoms with Gasteiger partial charge in [0, 0.05) is 12.1 Å². The van der Waals surface area contributed by atoms with Crippen LogP contribution >= 0.6 is 0 Å². The summed E-state index contributed by atoms with van der Waals surface area (Å²) in [7, 11) is 1.58. The lowest BCUT2D eigenvalue weighted by Crippen LogP contribution is -2.22. The highest BCUT2D eigenvalue weighted by Gasteiger charge is 2.19. The fraction of sp³-hybridized carbons (Fsp3) is 0.364. The average Bonchev–Trinajstić information content (AvgIpc) is 3.26. The van der Waals surface area contributed by atoms with Gasteiger partial charge in [0.1, 0.15) is 0 Å². The minimum absolute atomic E-state index is 0.0213.